The molecule has 0 spiro atoms. The smallest absolute Gasteiger partial charge is 0.409 e. The molecule has 2 rings (SSSR count). The summed E-state index contributed by atoms with van der Waals surface area (Å²) in [6.45, 7) is 7.13. The molecule has 0 radical (unpaired) electrons. The van der Waals surface area contributed by atoms with Gasteiger partial charge in [-0.15, -0.1) is 0 Å². The van der Waals surface area contributed by atoms with E-state index < -0.39 is 0 Å². The van der Waals surface area contributed by atoms with Gasteiger partial charge in [0.05, 0.1) is 26.3 Å². The minimum atomic E-state index is -0.218. The molecule has 0 aromatic heterocycles. The molecule has 0 aliphatic carbocycles. The van der Waals surface area contributed by atoms with Crippen LogP contribution in [0.3, 0.4) is 0 Å². The van der Waals surface area contributed by atoms with Gasteiger partial charge in [0.25, 0.3) is 0 Å². The number of guanidine groups is 1. The van der Waals surface area contributed by atoms with Gasteiger partial charge in [0.1, 0.15) is 5.75 Å². The number of carbonyl (C=O) groups excluding carboxylic acids is 1. The molecule has 1 fully saturated rings. The molecule has 1 unspecified atom stereocenters. The molecule has 168 valence electrons. The first-order valence-corrected chi connectivity index (χ1v) is 10.7. The summed E-state index contributed by atoms with van der Waals surface area (Å²) >= 11 is 0. The third kappa shape index (κ3) is 7.09. The summed E-state index contributed by atoms with van der Waals surface area (Å²) in [6.07, 6.45) is 1.53. The third-order valence-electron chi connectivity index (χ3n) is 5.25. The second-order valence-corrected chi connectivity index (χ2v) is 7.58. The average Bonchev–Trinajstić information content (AvgIpc) is 2.75. The van der Waals surface area contributed by atoms with Gasteiger partial charge < -0.3 is 29.9 Å². The molecule has 2 N–H and O–H groups in total. The molecule has 8 nitrogen and oxygen atoms in total. The van der Waals surface area contributed by atoms with E-state index in [0.717, 1.165) is 31.1 Å². The first kappa shape index (κ1) is 23.8. The van der Waals surface area contributed by atoms with E-state index >= 15 is 0 Å². The number of ether oxygens (including phenoxy) is 2. The SMILES string of the molecule is CCNC(=NCC(c1ccc(OC)cc1)N(C)C)NC1CCN(C(=O)OCC)CC1. The van der Waals surface area contributed by atoms with E-state index in [9.17, 15) is 4.79 Å². The Labute approximate surface area is 180 Å². The van der Waals surface area contributed by atoms with Crippen LogP contribution >= 0.6 is 0 Å². The van der Waals surface area contributed by atoms with E-state index in [1.54, 1.807) is 12.0 Å². The lowest BCUT2D eigenvalue weighted by Crippen LogP contribution is -2.50. The number of rotatable bonds is 8. The normalized spacial score (nSPS) is 16.3. The van der Waals surface area contributed by atoms with E-state index in [1.165, 1.54) is 5.56 Å². The van der Waals surface area contributed by atoms with Crippen LogP contribution in [0.15, 0.2) is 29.3 Å². The summed E-state index contributed by atoms with van der Waals surface area (Å²) in [4.78, 5) is 20.7. The zero-order valence-corrected chi connectivity index (χ0v) is 19.0. The Hall–Kier alpha value is -2.48. The minimum absolute atomic E-state index is 0.164. The number of likely N-dealkylation sites (N-methyl/N-ethyl adjacent to an activating group) is 1. The second-order valence-electron chi connectivity index (χ2n) is 7.58. The number of amides is 1. The molecule has 1 heterocycles. The molecular weight excluding hydrogens is 382 g/mol. The molecule has 1 aliphatic heterocycles. The molecular formula is C22H37N5O3. The summed E-state index contributed by atoms with van der Waals surface area (Å²) in [6, 6.07) is 8.59. The number of methoxy groups -OCH3 is 1. The standard InChI is InChI=1S/C22H37N5O3/c1-6-23-21(25-18-12-14-27(15-13-18)22(28)30-7-2)24-16-20(26(3)4)17-8-10-19(29-5)11-9-17/h8-11,18,20H,6-7,12-16H2,1-5H3,(H2,23,24,25). The van der Waals surface area contributed by atoms with Crippen molar-refractivity contribution < 1.29 is 14.3 Å². The van der Waals surface area contributed by atoms with E-state index in [2.05, 4.69) is 48.7 Å². The van der Waals surface area contributed by atoms with Crippen LogP contribution in [0.5, 0.6) is 5.75 Å². The zero-order valence-electron chi connectivity index (χ0n) is 19.0. The predicted molar refractivity (Wildman–Crippen MR) is 120 cm³/mol. The van der Waals surface area contributed by atoms with Crippen molar-refractivity contribution >= 4 is 12.1 Å². The number of carbonyl (C=O) groups is 1. The number of hydrogen-bond donors (Lipinski definition) is 2. The quantitative estimate of drug-likeness (QED) is 0.498. The molecule has 1 atom stereocenters. The second kappa shape index (κ2) is 12.3. The molecule has 1 amide bonds. The Morgan fingerprint density at radius 3 is 2.43 bits per heavy atom. The number of aliphatic imine (C=N–C) groups is 1. The summed E-state index contributed by atoms with van der Waals surface area (Å²) in [7, 11) is 5.81. The topological polar surface area (TPSA) is 78.4 Å². The van der Waals surface area contributed by atoms with Crippen molar-refractivity contribution in [3.05, 3.63) is 29.8 Å². The largest absolute Gasteiger partial charge is 0.497 e. The Morgan fingerprint density at radius 2 is 1.90 bits per heavy atom. The summed E-state index contributed by atoms with van der Waals surface area (Å²) < 4.78 is 10.4. The first-order valence-electron chi connectivity index (χ1n) is 10.7. The molecule has 1 saturated heterocycles. The highest BCUT2D eigenvalue weighted by Gasteiger charge is 2.24. The van der Waals surface area contributed by atoms with Crippen molar-refractivity contribution in [3.8, 4) is 5.75 Å². The third-order valence-corrected chi connectivity index (χ3v) is 5.25. The highest BCUT2D eigenvalue weighted by molar-refractivity contribution is 5.80. The lowest BCUT2D eigenvalue weighted by molar-refractivity contribution is 0.0963. The van der Waals surface area contributed by atoms with E-state index in [-0.39, 0.29) is 18.2 Å². The maximum absolute atomic E-state index is 11.9. The maximum atomic E-state index is 11.9. The Kier molecular flexibility index (Phi) is 9.73. The van der Waals surface area contributed by atoms with Crippen molar-refractivity contribution in [2.75, 3.05) is 54.0 Å². The van der Waals surface area contributed by atoms with Gasteiger partial charge in [0, 0.05) is 25.7 Å². The zero-order chi connectivity index (χ0) is 21.9. The number of hydrogen-bond acceptors (Lipinski definition) is 5. The van der Waals surface area contributed by atoms with Gasteiger partial charge in [0.15, 0.2) is 5.96 Å². The molecule has 1 aliphatic rings. The molecule has 0 bridgehead atoms. The fourth-order valence-corrected chi connectivity index (χ4v) is 3.51. The number of nitrogens with zero attached hydrogens (tertiary/aromatic N) is 3. The summed E-state index contributed by atoms with van der Waals surface area (Å²) in [5.41, 5.74) is 1.20. The fourth-order valence-electron chi connectivity index (χ4n) is 3.51. The van der Waals surface area contributed by atoms with Gasteiger partial charge in [-0.3, -0.25) is 4.99 Å². The lowest BCUT2D eigenvalue weighted by Gasteiger charge is -2.32. The van der Waals surface area contributed by atoms with Crippen molar-refractivity contribution in [1.29, 1.82) is 0 Å². The Bertz CT molecular complexity index is 670. The highest BCUT2D eigenvalue weighted by atomic mass is 16.6. The minimum Gasteiger partial charge on any atom is -0.497 e. The van der Waals surface area contributed by atoms with Crippen LogP contribution in [0.25, 0.3) is 0 Å². The van der Waals surface area contributed by atoms with E-state index in [1.807, 2.05) is 19.1 Å². The summed E-state index contributed by atoms with van der Waals surface area (Å²) in [5.74, 6) is 1.66. The molecule has 1 aromatic carbocycles. The van der Waals surface area contributed by atoms with Crippen LogP contribution in [0.4, 0.5) is 4.79 Å². The predicted octanol–water partition coefficient (Wildman–Crippen LogP) is 2.47. The first-order chi connectivity index (χ1) is 14.5. The van der Waals surface area contributed by atoms with Gasteiger partial charge in [0.2, 0.25) is 0 Å². The van der Waals surface area contributed by atoms with E-state index in [4.69, 9.17) is 14.5 Å². The van der Waals surface area contributed by atoms with E-state index in [0.29, 0.717) is 26.2 Å². The molecule has 8 heteroatoms. The molecule has 1 aromatic rings. The van der Waals surface area contributed by atoms with Gasteiger partial charge in [-0.1, -0.05) is 12.1 Å². The number of piperidine rings is 1. The van der Waals surface area contributed by atoms with Crippen LogP contribution < -0.4 is 15.4 Å². The van der Waals surface area contributed by atoms with Crippen LogP contribution in [0.1, 0.15) is 38.3 Å². The highest BCUT2D eigenvalue weighted by Crippen LogP contribution is 2.21. The maximum Gasteiger partial charge on any atom is 0.409 e. The number of nitrogens with one attached hydrogen (secondary N) is 2. The molecule has 30 heavy (non-hydrogen) atoms. The van der Waals surface area contributed by atoms with Crippen LogP contribution in [-0.4, -0.2) is 81.9 Å². The van der Waals surface area contributed by atoms with Crippen LogP contribution in [-0.2, 0) is 4.74 Å². The van der Waals surface area contributed by atoms with Crippen molar-refractivity contribution in [2.24, 2.45) is 4.99 Å². The van der Waals surface area contributed by atoms with Crippen LogP contribution in [0, 0.1) is 0 Å². The van der Waals surface area contributed by atoms with Gasteiger partial charge in [-0.05, 0) is 58.5 Å². The Morgan fingerprint density at radius 1 is 1.23 bits per heavy atom. The lowest BCUT2D eigenvalue weighted by atomic mass is 10.1. The number of likely N-dealkylation sites (tertiary alicyclic amines) is 1. The van der Waals surface area contributed by atoms with Gasteiger partial charge in [-0.25, -0.2) is 4.79 Å². The Balaban J connectivity index is 1.97. The van der Waals surface area contributed by atoms with Crippen molar-refractivity contribution in [3.63, 3.8) is 0 Å². The summed E-state index contributed by atoms with van der Waals surface area (Å²) in [5, 5.41) is 6.88. The number of benzene rings is 1. The fraction of sp³-hybridized carbons (Fsp3) is 0.636. The van der Waals surface area contributed by atoms with Crippen molar-refractivity contribution in [1.82, 2.24) is 20.4 Å². The van der Waals surface area contributed by atoms with Gasteiger partial charge in [-0.2, -0.15) is 0 Å². The van der Waals surface area contributed by atoms with Crippen LogP contribution in [0.2, 0.25) is 0 Å². The monoisotopic (exact) mass is 419 g/mol. The van der Waals surface area contributed by atoms with Gasteiger partial charge >= 0.3 is 6.09 Å². The van der Waals surface area contributed by atoms with Crippen molar-refractivity contribution in [2.45, 2.75) is 38.8 Å². The average molecular weight is 420 g/mol. The molecule has 0 saturated carbocycles.